The second kappa shape index (κ2) is 4.75. The van der Waals surface area contributed by atoms with Crippen LogP contribution in [0.4, 0.5) is 17.6 Å². The molecule has 0 N–H and O–H groups in total. The standard InChI is InChI=1S/C14H15F4NO/c1-8-4-11(10(3)15)6-12(5-8)13(14(16,17)18)7-9(2)19-20-13/h4-6,10H,7H2,1-3H3. The summed E-state index contributed by atoms with van der Waals surface area (Å²) in [5.41, 5.74) is -1.59. The minimum Gasteiger partial charge on any atom is -0.374 e. The predicted molar refractivity (Wildman–Crippen MR) is 67.2 cm³/mol. The summed E-state index contributed by atoms with van der Waals surface area (Å²) in [6.45, 7) is 4.39. The summed E-state index contributed by atoms with van der Waals surface area (Å²) in [6, 6.07) is 4.10. The Hall–Kier alpha value is -1.59. The molecule has 2 atom stereocenters. The second-order valence-electron chi connectivity index (χ2n) is 5.17. The molecule has 2 nitrogen and oxygen atoms in total. The number of oxime groups is 1. The van der Waals surface area contributed by atoms with Crippen molar-refractivity contribution in [2.24, 2.45) is 5.16 Å². The van der Waals surface area contributed by atoms with E-state index < -0.39 is 17.9 Å². The Kier molecular flexibility index (Phi) is 3.52. The molecule has 1 aliphatic heterocycles. The number of nitrogens with zero attached hydrogens (tertiary/aromatic N) is 1. The normalized spacial score (nSPS) is 24.2. The van der Waals surface area contributed by atoms with Gasteiger partial charge in [0, 0.05) is 12.0 Å². The van der Waals surface area contributed by atoms with Crippen LogP contribution in [-0.4, -0.2) is 11.9 Å². The van der Waals surface area contributed by atoms with Crippen LogP contribution in [0.3, 0.4) is 0 Å². The third kappa shape index (κ3) is 2.39. The molecule has 0 aromatic heterocycles. The van der Waals surface area contributed by atoms with Crippen LogP contribution in [-0.2, 0) is 10.4 Å². The molecule has 0 spiro atoms. The van der Waals surface area contributed by atoms with E-state index in [1.807, 2.05) is 0 Å². The third-order valence-corrected chi connectivity index (χ3v) is 3.35. The van der Waals surface area contributed by atoms with Gasteiger partial charge in [-0.25, -0.2) is 4.39 Å². The molecule has 1 aromatic carbocycles. The van der Waals surface area contributed by atoms with Crippen molar-refractivity contribution in [3.63, 3.8) is 0 Å². The highest BCUT2D eigenvalue weighted by molar-refractivity contribution is 5.84. The quantitative estimate of drug-likeness (QED) is 0.730. The van der Waals surface area contributed by atoms with E-state index in [2.05, 4.69) is 5.16 Å². The lowest BCUT2D eigenvalue weighted by Gasteiger charge is -2.30. The van der Waals surface area contributed by atoms with Crippen LogP contribution in [0.5, 0.6) is 0 Å². The highest BCUT2D eigenvalue weighted by Gasteiger charge is 2.61. The highest BCUT2D eigenvalue weighted by Crippen LogP contribution is 2.48. The van der Waals surface area contributed by atoms with Gasteiger partial charge in [0.1, 0.15) is 6.17 Å². The minimum absolute atomic E-state index is 0.106. The monoisotopic (exact) mass is 289 g/mol. The molecule has 0 bridgehead atoms. The van der Waals surface area contributed by atoms with Crippen LogP contribution in [0.2, 0.25) is 0 Å². The molecule has 0 fully saturated rings. The maximum absolute atomic E-state index is 13.4. The molecule has 0 radical (unpaired) electrons. The van der Waals surface area contributed by atoms with E-state index in [-0.39, 0.29) is 23.3 Å². The van der Waals surface area contributed by atoms with Gasteiger partial charge in [0.25, 0.3) is 5.60 Å². The van der Waals surface area contributed by atoms with Crippen LogP contribution in [0.25, 0.3) is 0 Å². The van der Waals surface area contributed by atoms with Crippen LogP contribution < -0.4 is 0 Å². The summed E-state index contributed by atoms with van der Waals surface area (Å²) in [6.07, 6.45) is -6.35. The predicted octanol–water partition coefficient (Wildman–Crippen LogP) is 4.58. The van der Waals surface area contributed by atoms with Crippen molar-refractivity contribution >= 4 is 5.71 Å². The maximum Gasteiger partial charge on any atom is 0.435 e. The molecule has 1 aliphatic rings. The molecule has 1 heterocycles. The van der Waals surface area contributed by atoms with Gasteiger partial charge < -0.3 is 4.84 Å². The van der Waals surface area contributed by atoms with Crippen molar-refractivity contribution in [2.45, 2.75) is 45.1 Å². The largest absolute Gasteiger partial charge is 0.435 e. The Morgan fingerprint density at radius 3 is 2.35 bits per heavy atom. The Morgan fingerprint density at radius 1 is 1.25 bits per heavy atom. The minimum atomic E-state index is -4.63. The molecule has 0 aliphatic carbocycles. The number of alkyl halides is 4. The Morgan fingerprint density at radius 2 is 1.90 bits per heavy atom. The zero-order chi connectivity index (χ0) is 15.1. The lowest BCUT2D eigenvalue weighted by atomic mass is 9.86. The van der Waals surface area contributed by atoms with Gasteiger partial charge in [-0.3, -0.25) is 0 Å². The van der Waals surface area contributed by atoms with E-state index in [0.717, 1.165) is 0 Å². The highest BCUT2D eigenvalue weighted by atomic mass is 19.4. The van der Waals surface area contributed by atoms with Crippen molar-refractivity contribution < 1.29 is 22.4 Å². The summed E-state index contributed by atoms with van der Waals surface area (Å²) >= 11 is 0. The number of halogens is 4. The molecule has 2 unspecified atom stereocenters. The number of benzene rings is 1. The molecule has 20 heavy (non-hydrogen) atoms. The average Bonchev–Trinajstić information content (AvgIpc) is 2.71. The number of aryl methyl sites for hydroxylation is 1. The van der Waals surface area contributed by atoms with Crippen molar-refractivity contribution in [1.82, 2.24) is 0 Å². The first kappa shape index (κ1) is 14.8. The van der Waals surface area contributed by atoms with Crippen molar-refractivity contribution in [2.75, 3.05) is 0 Å². The summed E-state index contributed by atoms with van der Waals surface area (Å²) in [5, 5.41) is 3.44. The van der Waals surface area contributed by atoms with E-state index >= 15 is 0 Å². The molecule has 110 valence electrons. The molecule has 0 saturated heterocycles. The van der Waals surface area contributed by atoms with Gasteiger partial charge in [-0.05, 0) is 32.4 Å². The molecular formula is C14H15F4NO. The summed E-state index contributed by atoms with van der Waals surface area (Å²) in [4.78, 5) is 4.73. The first-order chi connectivity index (χ1) is 9.15. The summed E-state index contributed by atoms with van der Waals surface area (Å²) < 4.78 is 53.8. The Bertz CT molecular complexity index is 551. The van der Waals surface area contributed by atoms with E-state index in [0.29, 0.717) is 5.56 Å². The zero-order valence-electron chi connectivity index (χ0n) is 11.4. The van der Waals surface area contributed by atoms with Crippen LogP contribution >= 0.6 is 0 Å². The molecular weight excluding hydrogens is 274 g/mol. The summed E-state index contributed by atoms with van der Waals surface area (Å²) in [7, 11) is 0. The summed E-state index contributed by atoms with van der Waals surface area (Å²) in [5.74, 6) is 0. The zero-order valence-corrected chi connectivity index (χ0v) is 11.4. The van der Waals surface area contributed by atoms with Gasteiger partial charge in [0.15, 0.2) is 0 Å². The third-order valence-electron chi connectivity index (χ3n) is 3.35. The van der Waals surface area contributed by atoms with E-state index in [4.69, 9.17) is 4.84 Å². The maximum atomic E-state index is 13.4. The van der Waals surface area contributed by atoms with Crippen molar-refractivity contribution in [3.8, 4) is 0 Å². The topological polar surface area (TPSA) is 21.6 Å². The molecule has 6 heteroatoms. The fourth-order valence-electron chi connectivity index (χ4n) is 2.33. The van der Waals surface area contributed by atoms with Crippen LogP contribution in [0.1, 0.15) is 43.1 Å². The van der Waals surface area contributed by atoms with Gasteiger partial charge in [-0.15, -0.1) is 0 Å². The average molecular weight is 289 g/mol. The fourth-order valence-corrected chi connectivity index (χ4v) is 2.33. The van der Waals surface area contributed by atoms with E-state index in [9.17, 15) is 17.6 Å². The first-order valence-electron chi connectivity index (χ1n) is 6.20. The molecule has 2 rings (SSSR count). The van der Waals surface area contributed by atoms with Gasteiger partial charge in [-0.1, -0.05) is 22.9 Å². The van der Waals surface area contributed by atoms with Gasteiger partial charge in [0.05, 0.1) is 5.71 Å². The second-order valence-corrected chi connectivity index (χ2v) is 5.17. The Labute approximate surface area is 114 Å². The van der Waals surface area contributed by atoms with Gasteiger partial charge >= 0.3 is 6.18 Å². The molecule has 1 aromatic rings. The van der Waals surface area contributed by atoms with Gasteiger partial charge in [0.2, 0.25) is 0 Å². The molecule has 0 saturated carbocycles. The number of hydrogen-bond donors (Lipinski definition) is 0. The smallest absolute Gasteiger partial charge is 0.374 e. The number of hydrogen-bond acceptors (Lipinski definition) is 2. The number of rotatable bonds is 2. The fraction of sp³-hybridized carbons (Fsp3) is 0.500. The van der Waals surface area contributed by atoms with E-state index in [1.54, 1.807) is 6.92 Å². The van der Waals surface area contributed by atoms with Gasteiger partial charge in [-0.2, -0.15) is 13.2 Å². The first-order valence-corrected chi connectivity index (χ1v) is 6.20. The SMILES string of the molecule is CC1=NOC(c2cc(C)cc(C(C)F)c2)(C(F)(F)F)C1. The van der Waals surface area contributed by atoms with Crippen molar-refractivity contribution in [3.05, 3.63) is 34.9 Å². The molecule has 0 amide bonds. The van der Waals surface area contributed by atoms with Crippen LogP contribution in [0.15, 0.2) is 23.4 Å². The van der Waals surface area contributed by atoms with Crippen LogP contribution in [0, 0.1) is 6.92 Å². The van der Waals surface area contributed by atoms with E-state index in [1.165, 1.54) is 32.0 Å². The lowest BCUT2D eigenvalue weighted by molar-refractivity contribution is -0.275. The lowest BCUT2D eigenvalue weighted by Crippen LogP contribution is -2.42. The van der Waals surface area contributed by atoms with Crippen molar-refractivity contribution in [1.29, 1.82) is 0 Å². The Balaban J connectivity index is 2.57.